The molecule has 130 valence electrons. The summed E-state index contributed by atoms with van der Waals surface area (Å²) < 4.78 is 0. The van der Waals surface area contributed by atoms with Crippen LogP contribution in [0.25, 0.3) is 10.8 Å². The lowest BCUT2D eigenvalue weighted by molar-refractivity contribution is -0.136. The third-order valence-corrected chi connectivity index (χ3v) is 5.38. The fourth-order valence-electron chi connectivity index (χ4n) is 4.06. The summed E-state index contributed by atoms with van der Waals surface area (Å²) in [5.74, 6) is 0.274. The van der Waals surface area contributed by atoms with Gasteiger partial charge in [0.2, 0.25) is 5.91 Å². The van der Waals surface area contributed by atoms with Crippen LogP contribution < -0.4 is 0 Å². The van der Waals surface area contributed by atoms with Gasteiger partial charge in [0.25, 0.3) is 5.91 Å². The van der Waals surface area contributed by atoms with E-state index in [0.29, 0.717) is 18.5 Å². The number of carbonyl (C=O) groups is 2. The van der Waals surface area contributed by atoms with Crippen molar-refractivity contribution in [2.24, 2.45) is 0 Å². The van der Waals surface area contributed by atoms with E-state index in [2.05, 4.69) is 4.98 Å². The van der Waals surface area contributed by atoms with E-state index in [0.717, 1.165) is 49.5 Å². The van der Waals surface area contributed by atoms with E-state index in [-0.39, 0.29) is 17.9 Å². The highest BCUT2D eigenvalue weighted by atomic mass is 16.2. The van der Waals surface area contributed by atoms with E-state index in [1.165, 1.54) is 0 Å². The Hall–Kier alpha value is -2.43. The van der Waals surface area contributed by atoms with Crippen LogP contribution in [0.15, 0.2) is 36.7 Å². The van der Waals surface area contributed by atoms with Crippen molar-refractivity contribution in [1.29, 1.82) is 0 Å². The standard InChI is InChI=1S/C20H23N3O2/c24-19-9-3-4-11-23(19)16-7-5-10-22(14-16)20(25)18-13-21-12-15-6-1-2-8-17(15)18/h1-2,6,8,12-13,16H,3-5,7,9-11,14H2. The van der Waals surface area contributed by atoms with Crippen LogP contribution in [0.1, 0.15) is 42.5 Å². The monoisotopic (exact) mass is 337 g/mol. The van der Waals surface area contributed by atoms with E-state index in [1.807, 2.05) is 34.1 Å². The second-order valence-corrected chi connectivity index (χ2v) is 7.00. The highest BCUT2D eigenvalue weighted by Crippen LogP contribution is 2.24. The number of carbonyl (C=O) groups excluding carboxylic acids is 2. The molecule has 2 saturated heterocycles. The molecule has 2 fully saturated rings. The molecule has 5 nitrogen and oxygen atoms in total. The summed E-state index contributed by atoms with van der Waals surface area (Å²) >= 11 is 0. The summed E-state index contributed by atoms with van der Waals surface area (Å²) in [7, 11) is 0. The van der Waals surface area contributed by atoms with Crippen LogP contribution in [0.5, 0.6) is 0 Å². The maximum Gasteiger partial charge on any atom is 0.256 e. The Morgan fingerprint density at radius 2 is 1.96 bits per heavy atom. The topological polar surface area (TPSA) is 53.5 Å². The molecule has 2 aromatic rings. The molecule has 0 bridgehead atoms. The Morgan fingerprint density at radius 3 is 2.84 bits per heavy atom. The number of pyridine rings is 1. The van der Waals surface area contributed by atoms with Crippen molar-refractivity contribution in [3.8, 4) is 0 Å². The highest BCUT2D eigenvalue weighted by molar-refractivity contribution is 6.06. The van der Waals surface area contributed by atoms with E-state index in [4.69, 9.17) is 0 Å². The summed E-state index contributed by atoms with van der Waals surface area (Å²) in [6.45, 7) is 2.22. The fraction of sp³-hybridized carbons (Fsp3) is 0.450. The van der Waals surface area contributed by atoms with Gasteiger partial charge in [-0.15, -0.1) is 0 Å². The van der Waals surface area contributed by atoms with Crippen LogP contribution in [-0.2, 0) is 4.79 Å². The number of amides is 2. The van der Waals surface area contributed by atoms with Crippen LogP contribution in [0.4, 0.5) is 0 Å². The molecule has 1 aromatic heterocycles. The average molecular weight is 337 g/mol. The third-order valence-electron chi connectivity index (χ3n) is 5.38. The summed E-state index contributed by atoms with van der Waals surface area (Å²) in [6.07, 6.45) is 8.10. The molecule has 5 heteroatoms. The first-order chi connectivity index (χ1) is 12.2. The number of hydrogen-bond acceptors (Lipinski definition) is 3. The first-order valence-corrected chi connectivity index (χ1v) is 9.15. The predicted molar refractivity (Wildman–Crippen MR) is 96.2 cm³/mol. The van der Waals surface area contributed by atoms with Crippen LogP contribution in [0.3, 0.4) is 0 Å². The van der Waals surface area contributed by atoms with Crippen LogP contribution >= 0.6 is 0 Å². The van der Waals surface area contributed by atoms with Gasteiger partial charge in [-0.05, 0) is 31.1 Å². The van der Waals surface area contributed by atoms with E-state index in [1.54, 1.807) is 12.4 Å². The van der Waals surface area contributed by atoms with Crippen LogP contribution in [-0.4, -0.2) is 52.3 Å². The van der Waals surface area contributed by atoms with E-state index in [9.17, 15) is 9.59 Å². The van der Waals surface area contributed by atoms with Crippen molar-refractivity contribution >= 4 is 22.6 Å². The number of likely N-dealkylation sites (tertiary alicyclic amines) is 2. The summed E-state index contributed by atoms with van der Waals surface area (Å²) in [5, 5.41) is 1.92. The number of piperidine rings is 2. The van der Waals surface area contributed by atoms with Crippen molar-refractivity contribution in [1.82, 2.24) is 14.8 Å². The van der Waals surface area contributed by atoms with Crippen molar-refractivity contribution in [2.75, 3.05) is 19.6 Å². The summed E-state index contributed by atoms with van der Waals surface area (Å²) in [6, 6.07) is 8.01. The van der Waals surface area contributed by atoms with Crippen LogP contribution in [0, 0.1) is 0 Å². The van der Waals surface area contributed by atoms with Gasteiger partial charge in [-0.25, -0.2) is 0 Å². The fourth-order valence-corrected chi connectivity index (χ4v) is 4.06. The van der Waals surface area contributed by atoms with Gasteiger partial charge in [-0.2, -0.15) is 0 Å². The van der Waals surface area contributed by atoms with Gasteiger partial charge in [0.05, 0.1) is 5.56 Å². The van der Waals surface area contributed by atoms with Gasteiger partial charge in [-0.3, -0.25) is 14.6 Å². The van der Waals surface area contributed by atoms with Gasteiger partial charge in [0.15, 0.2) is 0 Å². The van der Waals surface area contributed by atoms with Crippen molar-refractivity contribution in [3.63, 3.8) is 0 Å². The minimum Gasteiger partial charge on any atom is -0.338 e. The normalized spacial score (nSPS) is 21.6. The molecule has 2 aliphatic heterocycles. The first kappa shape index (κ1) is 16.1. The molecule has 0 saturated carbocycles. The van der Waals surface area contributed by atoms with Gasteiger partial charge >= 0.3 is 0 Å². The van der Waals surface area contributed by atoms with Crippen LogP contribution in [0.2, 0.25) is 0 Å². The third kappa shape index (κ3) is 3.11. The second-order valence-electron chi connectivity index (χ2n) is 7.00. The average Bonchev–Trinajstić information content (AvgIpc) is 2.67. The number of hydrogen-bond donors (Lipinski definition) is 0. The van der Waals surface area contributed by atoms with Gasteiger partial charge in [0.1, 0.15) is 0 Å². The maximum atomic E-state index is 13.1. The zero-order valence-corrected chi connectivity index (χ0v) is 14.4. The van der Waals surface area contributed by atoms with Crippen molar-refractivity contribution in [3.05, 3.63) is 42.2 Å². The Morgan fingerprint density at radius 1 is 1.08 bits per heavy atom. The Kier molecular flexibility index (Phi) is 4.38. The van der Waals surface area contributed by atoms with Crippen molar-refractivity contribution in [2.45, 2.75) is 38.1 Å². The molecule has 1 unspecified atom stereocenters. The lowest BCUT2D eigenvalue weighted by atomic mass is 9.99. The minimum atomic E-state index is 0.0264. The number of fused-ring (bicyclic) bond motifs is 1. The van der Waals surface area contributed by atoms with Gasteiger partial charge in [-0.1, -0.05) is 24.3 Å². The molecule has 0 aliphatic carbocycles. The maximum absolute atomic E-state index is 13.1. The Balaban J connectivity index is 1.56. The molecule has 2 amide bonds. The van der Waals surface area contributed by atoms with Gasteiger partial charge < -0.3 is 9.80 Å². The number of aromatic nitrogens is 1. The lowest BCUT2D eigenvalue weighted by Crippen LogP contribution is -2.53. The largest absolute Gasteiger partial charge is 0.338 e. The molecular weight excluding hydrogens is 314 g/mol. The molecule has 0 N–H and O–H groups in total. The Labute approximate surface area is 147 Å². The number of nitrogens with zero attached hydrogens (tertiary/aromatic N) is 3. The molecule has 0 spiro atoms. The smallest absolute Gasteiger partial charge is 0.256 e. The number of rotatable bonds is 2. The molecule has 25 heavy (non-hydrogen) atoms. The molecule has 1 aromatic carbocycles. The summed E-state index contributed by atoms with van der Waals surface area (Å²) in [5.41, 5.74) is 0.656. The minimum absolute atomic E-state index is 0.0264. The highest BCUT2D eigenvalue weighted by Gasteiger charge is 2.32. The molecule has 1 atom stereocenters. The molecule has 3 heterocycles. The zero-order chi connectivity index (χ0) is 17.2. The lowest BCUT2D eigenvalue weighted by Gasteiger charge is -2.41. The molecule has 2 aliphatic rings. The SMILES string of the molecule is O=C(c1cncc2ccccc12)N1CCCC(N2CCCCC2=O)C1. The zero-order valence-electron chi connectivity index (χ0n) is 14.4. The quantitative estimate of drug-likeness (QED) is 0.847. The number of benzene rings is 1. The van der Waals surface area contributed by atoms with E-state index >= 15 is 0 Å². The molecular formula is C20H23N3O2. The predicted octanol–water partition coefficient (Wildman–Crippen LogP) is 2.85. The van der Waals surface area contributed by atoms with Gasteiger partial charge in [0, 0.05) is 49.9 Å². The Bertz CT molecular complexity index is 799. The van der Waals surface area contributed by atoms with E-state index < -0.39 is 0 Å². The van der Waals surface area contributed by atoms with Crippen molar-refractivity contribution < 1.29 is 9.59 Å². The second kappa shape index (κ2) is 6.82. The first-order valence-electron chi connectivity index (χ1n) is 9.15. The molecule has 4 rings (SSSR count). The summed E-state index contributed by atoms with van der Waals surface area (Å²) in [4.78, 5) is 33.5. The molecule has 0 radical (unpaired) electrons.